The monoisotopic (exact) mass is 506 g/mol. The van der Waals surface area contributed by atoms with Crippen molar-refractivity contribution < 1.29 is 32.9 Å². The average Bonchev–Trinajstić information content (AvgIpc) is 3.46. The van der Waals surface area contributed by atoms with Gasteiger partial charge in [0.25, 0.3) is 5.91 Å². The van der Waals surface area contributed by atoms with E-state index in [1.54, 1.807) is 24.4 Å². The SMILES string of the molecule is COc1ccc(CC(=C2SC(NC[C@@H](O)CO)=NC2=O)c2ccc3[nH]ncc3c2)c(C(F)(F)F)c1. The normalized spacial score (nSPS) is 16.4. The fourth-order valence-electron chi connectivity index (χ4n) is 3.58. The van der Waals surface area contributed by atoms with Gasteiger partial charge < -0.3 is 20.3 Å². The molecule has 0 radical (unpaired) electrons. The molecule has 0 spiro atoms. The Bertz CT molecular complexity index is 1320. The lowest BCUT2D eigenvalue weighted by Crippen LogP contribution is -2.31. The number of fused-ring (bicyclic) bond motifs is 1. The fraction of sp³-hybridized carbons (Fsp3) is 0.261. The van der Waals surface area contributed by atoms with Crippen LogP contribution in [0.5, 0.6) is 5.75 Å². The number of carbonyl (C=O) groups excluding carboxylic acids is 1. The third-order valence-electron chi connectivity index (χ3n) is 5.35. The Morgan fingerprint density at radius 2 is 2.06 bits per heavy atom. The largest absolute Gasteiger partial charge is 0.497 e. The zero-order chi connectivity index (χ0) is 25.2. The summed E-state index contributed by atoms with van der Waals surface area (Å²) in [4.78, 5) is 16.9. The molecular formula is C23H21F3N4O4S. The fourth-order valence-corrected chi connectivity index (χ4v) is 4.50. The molecule has 1 amide bonds. The minimum atomic E-state index is -4.63. The van der Waals surface area contributed by atoms with Crippen LogP contribution in [0.25, 0.3) is 16.5 Å². The van der Waals surface area contributed by atoms with E-state index in [-0.39, 0.29) is 34.4 Å². The second-order valence-electron chi connectivity index (χ2n) is 7.72. The van der Waals surface area contributed by atoms with Gasteiger partial charge in [0.2, 0.25) is 0 Å². The number of carbonyl (C=O) groups is 1. The minimum absolute atomic E-state index is 0.0291. The van der Waals surface area contributed by atoms with Crippen molar-refractivity contribution in [2.24, 2.45) is 4.99 Å². The van der Waals surface area contributed by atoms with Crippen molar-refractivity contribution in [3.63, 3.8) is 0 Å². The summed E-state index contributed by atoms with van der Waals surface area (Å²) in [6.07, 6.45) is -4.31. The van der Waals surface area contributed by atoms with Crippen molar-refractivity contribution in [2.75, 3.05) is 20.3 Å². The standard InChI is InChI=1S/C23H21F3N4O4S/c1-34-16-4-2-13(18(8-16)23(24,25)26)7-17(12-3-5-19-14(6-12)9-28-30-19)20-21(33)29-22(35-20)27-10-15(32)11-31/h2-6,8-9,15,31-32H,7,10-11H2,1H3,(H,28,30)(H,27,29,33)/t15-/m1/s1. The number of halogens is 3. The van der Waals surface area contributed by atoms with Crippen molar-refractivity contribution in [2.45, 2.75) is 18.7 Å². The van der Waals surface area contributed by atoms with Crippen LogP contribution in [0.1, 0.15) is 16.7 Å². The Hall–Kier alpha value is -3.35. The molecule has 0 unspecified atom stereocenters. The molecule has 0 saturated carbocycles. The van der Waals surface area contributed by atoms with Crippen LogP contribution < -0.4 is 10.1 Å². The molecule has 2 aromatic carbocycles. The number of hydrogen-bond acceptors (Lipinski definition) is 7. The lowest BCUT2D eigenvalue weighted by atomic mass is 9.93. The van der Waals surface area contributed by atoms with Gasteiger partial charge in [-0.15, -0.1) is 0 Å². The van der Waals surface area contributed by atoms with E-state index in [1.165, 1.54) is 19.2 Å². The summed E-state index contributed by atoms with van der Waals surface area (Å²) in [5.41, 5.74) is 0.756. The molecule has 8 nitrogen and oxygen atoms in total. The Balaban J connectivity index is 1.78. The molecule has 184 valence electrons. The summed E-state index contributed by atoms with van der Waals surface area (Å²) in [5.74, 6) is -0.543. The van der Waals surface area contributed by atoms with E-state index in [2.05, 4.69) is 20.5 Å². The van der Waals surface area contributed by atoms with E-state index < -0.39 is 30.4 Å². The van der Waals surface area contributed by atoms with Gasteiger partial charge in [-0.2, -0.15) is 23.3 Å². The molecular weight excluding hydrogens is 485 g/mol. The number of alkyl halides is 3. The van der Waals surface area contributed by atoms with Crippen LogP contribution in [0, 0.1) is 0 Å². The number of nitrogens with one attached hydrogen (secondary N) is 2. The Morgan fingerprint density at radius 3 is 2.77 bits per heavy atom. The Morgan fingerprint density at radius 1 is 1.26 bits per heavy atom. The number of rotatable bonds is 7. The second kappa shape index (κ2) is 10.1. The number of aliphatic imine (C=N–C) groups is 1. The molecule has 0 aliphatic carbocycles. The number of aromatic amines is 1. The van der Waals surface area contributed by atoms with Crippen LogP contribution >= 0.6 is 11.8 Å². The smallest absolute Gasteiger partial charge is 0.416 e. The minimum Gasteiger partial charge on any atom is -0.497 e. The number of amides is 1. The molecule has 4 N–H and O–H groups in total. The summed E-state index contributed by atoms with van der Waals surface area (Å²) in [7, 11) is 1.29. The van der Waals surface area contributed by atoms with Gasteiger partial charge in [0.15, 0.2) is 5.17 Å². The van der Waals surface area contributed by atoms with E-state index in [1.807, 2.05) is 0 Å². The van der Waals surface area contributed by atoms with E-state index >= 15 is 0 Å². The van der Waals surface area contributed by atoms with Crippen molar-refractivity contribution in [3.05, 3.63) is 64.2 Å². The zero-order valence-electron chi connectivity index (χ0n) is 18.4. The van der Waals surface area contributed by atoms with E-state index in [0.717, 1.165) is 28.7 Å². The lowest BCUT2D eigenvalue weighted by Gasteiger charge is -2.17. The van der Waals surface area contributed by atoms with Crippen molar-refractivity contribution in [3.8, 4) is 5.75 Å². The summed E-state index contributed by atoms with van der Waals surface area (Å²) in [6, 6.07) is 8.88. The molecule has 0 saturated heterocycles. The highest BCUT2D eigenvalue weighted by atomic mass is 32.2. The molecule has 2 heterocycles. The summed E-state index contributed by atoms with van der Waals surface area (Å²) in [6.45, 7) is -0.523. The third kappa shape index (κ3) is 5.50. The second-order valence-corrected chi connectivity index (χ2v) is 8.72. The highest BCUT2D eigenvalue weighted by Gasteiger charge is 2.35. The summed E-state index contributed by atoms with van der Waals surface area (Å²) in [5, 5.41) is 29.0. The van der Waals surface area contributed by atoms with Crippen molar-refractivity contribution in [1.82, 2.24) is 15.5 Å². The highest BCUT2D eigenvalue weighted by Crippen LogP contribution is 2.40. The predicted molar refractivity (Wildman–Crippen MR) is 126 cm³/mol. The van der Waals surface area contributed by atoms with Gasteiger partial charge >= 0.3 is 6.18 Å². The van der Waals surface area contributed by atoms with E-state index in [4.69, 9.17) is 9.84 Å². The quantitative estimate of drug-likeness (QED) is 0.364. The number of aliphatic hydroxyl groups is 2. The van der Waals surface area contributed by atoms with Gasteiger partial charge in [-0.1, -0.05) is 12.1 Å². The number of aliphatic hydroxyl groups excluding tert-OH is 2. The first-order valence-electron chi connectivity index (χ1n) is 10.4. The molecule has 35 heavy (non-hydrogen) atoms. The first kappa shape index (κ1) is 24.8. The number of nitrogens with zero attached hydrogens (tertiary/aromatic N) is 2. The number of allylic oxidation sites excluding steroid dienone is 1. The lowest BCUT2D eigenvalue weighted by molar-refractivity contribution is -0.138. The maximum absolute atomic E-state index is 13.9. The van der Waals surface area contributed by atoms with Crippen molar-refractivity contribution >= 4 is 39.3 Å². The summed E-state index contributed by atoms with van der Waals surface area (Å²) >= 11 is 0.969. The maximum atomic E-state index is 13.9. The first-order valence-corrected chi connectivity index (χ1v) is 11.3. The Kier molecular flexibility index (Phi) is 7.15. The van der Waals surface area contributed by atoms with Crippen molar-refractivity contribution in [1.29, 1.82) is 0 Å². The molecule has 1 atom stereocenters. The number of hydrogen-bond donors (Lipinski definition) is 4. The van der Waals surface area contributed by atoms with Crippen LogP contribution in [0.2, 0.25) is 0 Å². The first-order chi connectivity index (χ1) is 16.7. The number of ether oxygens (including phenoxy) is 1. The summed E-state index contributed by atoms with van der Waals surface area (Å²) < 4.78 is 46.6. The number of H-pyrrole nitrogens is 1. The van der Waals surface area contributed by atoms with Gasteiger partial charge in [-0.05, 0) is 59.1 Å². The molecule has 1 aromatic heterocycles. The van der Waals surface area contributed by atoms with Gasteiger partial charge in [-0.25, -0.2) is 0 Å². The number of thioether (sulfide) groups is 1. The topological polar surface area (TPSA) is 120 Å². The van der Waals surface area contributed by atoms with E-state index in [0.29, 0.717) is 11.1 Å². The van der Waals surface area contributed by atoms with Gasteiger partial charge in [-0.3, -0.25) is 9.89 Å². The average molecular weight is 507 g/mol. The number of methoxy groups -OCH3 is 1. The maximum Gasteiger partial charge on any atom is 0.416 e. The number of amidine groups is 1. The Labute approximate surface area is 201 Å². The molecule has 4 rings (SSSR count). The molecule has 0 fully saturated rings. The molecule has 1 aliphatic rings. The zero-order valence-corrected chi connectivity index (χ0v) is 19.2. The van der Waals surface area contributed by atoms with Gasteiger partial charge in [0, 0.05) is 11.9 Å². The highest BCUT2D eigenvalue weighted by molar-refractivity contribution is 8.18. The van der Waals surface area contributed by atoms with Gasteiger partial charge in [0.05, 0.1) is 42.0 Å². The molecule has 3 aromatic rings. The molecule has 12 heteroatoms. The predicted octanol–water partition coefficient (Wildman–Crippen LogP) is 3.12. The van der Waals surface area contributed by atoms with Gasteiger partial charge in [0.1, 0.15) is 5.75 Å². The van der Waals surface area contributed by atoms with Crippen LogP contribution in [-0.4, -0.2) is 57.9 Å². The number of aromatic nitrogens is 2. The van der Waals surface area contributed by atoms with Crippen LogP contribution in [0.15, 0.2) is 52.5 Å². The van der Waals surface area contributed by atoms with E-state index in [9.17, 15) is 23.1 Å². The third-order valence-corrected chi connectivity index (χ3v) is 6.40. The van der Waals surface area contributed by atoms with Crippen LogP contribution in [0.3, 0.4) is 0 Å². The molecule has 1 aliphatic heterocycles. The molecule has 0 bridgehead atoms. The van der Waals surface area contributed by atoms with Crippen LogP contribution in [0.4, 0.5) is 13.2 Å². The number of benzene rings is 2. The van der Waals surface area contributed by atoms with Crippen LogP contribution in [-0.2, 0) is 17.4 Å².